The number of aromatic nitrogens is 5. The summed E-state index contributed by atoms with van der Waals surface area (Å²) in [5.74, 6) is 1.02. The molecule has 0 aliphatic carbocycles. The Morgan fingerprint density at radius 1 is 1.14 bits per heavy atom. The third-order valence-electron chi connectivity index (χ3n) is 6.41. The van der Waals surface area contributed by atoms with Crippen LogP contribution in [-0.2, 0) is 17.8 Å². The second-order valence-electron chi connectivity index (χ2n) is 8.64. The van der Waals surface area contributed by atoms with Crippen molar-refractivity contribution >= 4 is 17.1 Å². The lowest BCUT2D eigenvalue weighted by Crippen LogP contribution is -2.39. The van der Waals surface area contributed by atoms with Crippen LogP contribution >= 0.6 is 0 Å². The molecule has 1 saturated heterocycles. The lowest BCUT2D eigenvalue weighted by atomic mass is 9.95. The Balaban J connectivity index is 1.29. The first-order valence-electron chi connectivity index (χ1n) is 11.5. The third kappa shape index (κ3) is 4.77. The number of hydrogen-bond donors (Lipinski definition) is 1. The number of halogens is 1. The minimum atomic E-state index is -0.343. The molecule has 9 nitrogen and oxygen atoms in total. The van der Waals surface area contributed by atoms with E-state index in [-0.39, 0.29) is 35.1 Å². The highest BCUT2D eigenvalue weighted by Gasteiger charge is 2.27. The number of carbonyl (C=O) groups excluding carboxylic acids is 1. The van der Waals surface area contributed by atoms with Crippen LogP contribution in [0.4, 0.5) is 4.39 Å². The average Bonchev–Trinajstić information content (AvgIpc) is 3.29. The summed E-state index contributed by atoms with van der Waals surface area (Å²) < 4.78 is 20.1. The van der Waals surface area contributed by atoms with Crippen molar-refractivity contribution in [1.29, 1.82) is 0 Å². The SMILES string of the molecule is COc1ccccc1CC(=O)N1CCC(c2nc3c(nnn3Cc3ccc(F)cc3)c(=O)[nH]2)CC1. The Bertz CT molecular complexity index is 1410. The number of fused-ring (bicyclic) bond motifs is 1. The molecule has 0 spiro atoms. The van der Waals surface area contributed by atoms with Gasteiger partial charge in [0.25, 0.3) is 5.56 Å². The standard InChI is InChI=1S/C25H25FN6O3/c1-35-20-5-3-2-4-18(20)14-21(33)31-12-10-17(11-13-31)23-27-24-22(25(34)28-23)29-30-32(24)15-16-6-8-19(26)9-7-16/h2-9,17H,10-15H2,1H3,(H,27,28,34). The van der Waals surface area contributed by atoms with Gasteiger partial charge >= 0.3 is 0 Å². The molecule has 3 heterocycles. The predicted molar refractivity (Wildman–Crippen MR) is 127 cm³/mol. The fourth-order valence-corrected chi connectivity index (χ4v) is 4.47. The molecule has 1 fully saturated rings. The molecule has 180 valence electrons. The second-order valence-corrected chi connectivity index (χ2v) is 8.64. The van der Waals surface area contributed by atoms with Gasteiger partial charge in [-0.1, -0.05) is 35.5 Å². The number of nitrogens with zero attached hydrogens (tertiary/aromatic N) is 5. The van der Waals surface area contributed by atoms with Gasteiger partial charge in [0.2, 0.25) is 5.91 Å². The first-order chi connectivity index (χ1) is 17.0. The van der Waals surface area contributed by atoms with E-state index < -0.39 is 0 Å². The number of para-hydroxylation sites is 1. The Morgan fingerprint density at radius 3 is 2.63 bits per heavy atom. The molecule has 4 aromatic rings. The van der Waals surface area contributed by atoms with E-state index in [1.807, 2.05) is 29.2 Å². The maximum atomic E-state index is 13.2. The molecule has 10 heteroatoms. The number of benzene rings is 2. The number of methoxy groups -OCH3 is 1. The van der Waals surface area contributed by atoms with Crippen LogP contribution in [0.25, 0.3) is 11.2 Å². The predicted octanol–water partition coefficient (Wildman–Crippen LogP) is 2.66. The minimum Gasteiger partial charge on any atom is -0.496 e. The van der Waals surface area contributed by atoms with Crippen LogP contribution in [0.15, 0.2) is 53.3 Å². The van der Waals surface area contributed by atoms with Gasteiger partial charge in [-0.15, -0.1) is 5.10 Å². The Kier molecular flexibility index (Phi) is 6.26. The molecule has 1 amide bonds. The molecule has 5 rings (SSSR count). The van der Waals surface area contributed by atoms with Gasteiger partial charge in [-0.2, -0.15) is 0 Å². The molecule has 0 atom stereocenters. The Labute approximate surface area is 200 Å². The van der Waals surface area contributed by atoms with Crippen molar-refractivity contribution in [3.63, 3.8) is 0 Å². The van der Waals surface area contributed by atoms with E-state index in [1.165, 1.54) is 12.1 Å². The Hall–Kier alpha value is -4.08. The molecule has 2 aromatic carbocycles. The maximum Gasteiger partial charge on any atom is 0.281 e. The number of likely N-dealkylation sites (tertiary alicyclic amines) is 1. The van der Waals surface area contributed by atoms with Gasteiger partial charge in [0.05, 0.1) is 20.1 Å². The third-order valence-corrected chi connectivity index (χ3v) is 6.41. The lowest BCUT2D eigenvalue weighted by Gasteiger charge is -2.31. The van der Waals surface area contributed by atoms with Gasteiger partial charge in [-0.25, -0.2) is 14.1 Å². The summed E-state index contributed by atoms with van der Waals surface area (Å²) in [6.07, 6.45) is 1.65. The zero-order valence-electron chi connectivity index (χ0n) is 19.3. The highest BCUT2D eigenvalue weighted by atomic mass is 19.1. The van der Waals surface area contributed by atoms with Crippen molar-refractivity contribution in [2.24, 2.45) is 0 Å². The minimum absolute atomic E-state index is 0.0107. The molecule has 0 unspecified atom stereocenters. The van der Waals surface area contributed by atoms with E-state index in [0.29, 0.717) is 49.7 Å². The van der Waals surface area contributed by atoms with Crippen LogP contribution in [0.2, 0.25) is 0 Å². The van der Waals surface area contributed by atoms with Crippen LogP contribution in [-0.4, -0.2) is 56.0 Å². The van der Waals surface area contributed by atoms with Gasteiger partial charge in [0.1, 0.15) is 17.4 Å². The lowest BCUT2D eigenvalue weighted by molar-refractivity contribution is -0.131. The number of ether oxygens (including phenoxy) is 1. The van der Waals surface area contributed by atoms with Crippen LogP contribution in [0.1, 0.15) is 35.7 Å². The first kappa shape index (κ1) is 22.7. The number of rotatable bonds is 6. The van der Waals surface area contributed by atoms with E-state index in [9.17, 15) is 14.0 Å². The van der Waals surface area contributed by atoms with Gasteiger partial charge in [-0.05, 0) is 36.6 Å². The fraction of sp³-hybridized carbons (Fsp3) is 0.320. The van der Waals surface area contributed by atoms with E-state index >= 15 is 0 Å². The summed E-state index contributed by atoms with van der Waals surface area (Å²) in [7, 11) is 1.60. The molecular formula is C25H25FN6O3. The summed E-state index contributed by atoms with van der Waals surface area (Å²) in [6.45, 7) is 1.48. The number of H-pyrrole nitrogens is 1. The van der Waals surface area contributed by atoms with E-state index in [1.54, 1.807) is 23.9 Å². The largest absolute Gasteiger partial charge is 0.496 e. The zero-order chi connectivity index (χ0) is 24.4. The molecule has 1 aliphatic rings. The average molecular weight is 477 g/mol. The molecule has 2 aromatic heterocycles. The zero-order valence-corrected chi connectivity index (χ0v) is 19.3. The van der Waals surface area contributed by atoms with Crippen molar-refractivity contribution in [2.45, 2.75) is 31.7 Å². The summed E-state index contributed by atoms with van der Waals surface area (Å²) in [6, 6.07) is 13.6. The van der Waals surface area contributed by atoms with E-state index in [2.05, 4.69) is 20.3 Å². The number of aromatic amines is 1. The van der Waals surface area contributed by atoms with Crippen molar-refractivity contribution in [1.82, 2.24) is 29.9 Å². The normalized spacial score (nSPS) is 14.4. The topological polar surface area (TPSA) is 106 Å². The van der Waals surface area contributed by atoms with Crippen LogP contribution in [0.3, 0.4) is 0 Å². The van der Waals surface area contributed by atoms with E-state index in [4.69, 9.17) is 4.74 Å². The summed E-state index contributed by atoms with van der Waals surface area (Å²) >= 11 is 0. The molecule has 0 radical (unpaired) electrons. The van der Waals surface area contributed by atoms with Crippen molar-refractivity contribution in [3.8, 4) is 5.75 Å². The number of piperidine rings is 1. The number of carbonyl (C=O) groups is 1. The van der Waals surface area contributed by atoms with Crippen LogP contribution < -0.4 is 10.3 Å². The number of amides is 1. The monoisotopic (exact) mass is 476 g/mol. The summed E-state index contributed by atoms with van der Waals surface area (Å²) in [5, 5.41) is 8.05. The number of nitrogens with one attached hydrogen (secondary N) is 1. The van der Waals surface area contributed by atoms with Gasteiger partial charge < -0.3 is 14.6 Å². The smallest absolute Gasteiger partial charge is 0.281 e. The Morgan fingerprint density at radius 2 is 1.89 bits per heavy atom. The van der Waals surface area contributed by atoms with Crippen LogP contribution in [0.5, 0.6) is 5.75 Å². The summed E-state index contributed by atoms with van der Waals surface area (Å²) in [5.41, 5.74) is 1.90. The van der Waals surface area contributed by atoms with Gasteiger partial charge in [-0.3, -0.25) is 9.59 Å². The summed E-state index contributed by atoms with van der Waals surface area (Å²) in [4.78, 5) is 34.9. The van der Waals surface area contributed by atoms with Crippen molar-refractivity contribution in [2.75, 3.05) is 20.2 Å². The molecular weight excluding hydrogens is 451 g/mol. The van der Waals surface area contributed by atoms with Gasteiger partial charge in [0, 0.05) is 24.6 Å². The first-order valence-corrected chi connectivity index (χ1v) is 11.5. The van der Waals surface area contributed by atoms with Crippen LogP contribution in [0, 0.1) is 5.82 Å². The highest BCUT2D eigenvalue weighted by molar-refractivity contribution is 5.79. The molecule has 0 bridgehead atoms. The highest BCUT2D eigenvalue weighted by Crippen LogP contribution is 2.27. The molecule has 0 saturated carbocycles. The maximum absolute atomic E-state index is 13.2. The quantitative estimate of drug-likeness (QED) is 0.459. The molecule has 1 N–H and O–H groups in total. The van der Waals surface area contributed by atoms with Crippen molar-refractivity contribution < 1.29 is 13.9 Å². The second kappa shape index (κ2) is 9.65. The van der Waals surface area contributed by atoms with E-state index in [0.717, 1.165) is 11.1 Å². The molecule has 1 aliphatic heterocycles. The fourth-order valence-electron chi connectivity index (χ4n) is 4.47. The number of hydrogen-bond acceptors (Lipinski definition) is 6. The molecule has 35 heavy (non-hydrogen) atoms. The van der Waals surface area contributed by atoms with Gasteiger partial charge in [0.15, 0.2) is 11.2 Å². The van der Waals surface area contributed by atoms with Crippen molar-refractivity contribution in [3.05, 3.63) is 81.7 Å².